The summed E-state index contributed by atoms with van der Waals surface area (Å²) in [6.45, 7) is 0. The molecule has 0 radical (unpaired) electrons. The Hall–Kier alpha value is -7.86. The lowest BCUT2D eigenvalue weighted by Crippen LogP contribution is -1.98. The minimum Gasteiger partial charge on any atom is -0.309 e. The van der Waals surface area contributed by atoms with Crippen LogP contribution in [0.1, 0.15) is 11.1 Å². The van der Waals surface area contributed by atoms with Crippen LogP contribution in [0.15, 0.2) is 176 Å². The molecule has 0 bridgehead atoms. The van der Waals surface area contributed by atoms with Crippen molar-refractivity contribution in [3.8, 4) is 40.3 Å². The molecule has 3 heterocycles. The number of fused-ring (bicyclic) bond motifs is 9. The third-order valence-corrected chi connectivity index (χ3v) is 11.1. The molecule has 0 saturated heterocycles. The van der Waals surface area contributed by atoms with E-state index in [1.807, 2.05) is 18.2 Å². The number of nitrogens with zero attached hydrogens (tertiary/aromatic N) is 5. The fourth-order valence-corrected chi connectivity index (χ4v) is 8.71. The highest BCUT2D eigenvalue weighted by Gasteiger charge is 2.18. The number of hydrogen-bond acceptors (Lipinski definition) is 2. The number of rotatable bonds is 4. The van der Waals surface area contributed by atoms with Crippen molar-refractivity contribution in [2.24, 2.45) is 0 Å². The Balaban J connectivity index is 1.06. The van der Waals surface area contributed by atoms with Gasteiger partial charge in [0.05, 0.1) is 56.0 Å². The van der Waals surface area contributed by atoms with E-state index in [1.54, 1.807) is 0 Å². The minimum atomic E-state index is 0.618. The summed E-state index contributed by atoms with van der Waals surface area (Å²) < 4.78 is 6.84. The molecule has 254 valence electrons. The van der Waals surface area contributed by atoms with E-state index < -0.39 is 0 Å². The highest BCUT2D eigenvalue weighted by Crippen LogP contribution is 2.39. The van der Waals surface area contributed by atoms with E-state index >= 15 is 0 Å². The molecule has 0 aliphatic carbocycles. The van der Waals surface area contributed by atoms with Crippen molar-refractivity contribution in [2.75, 3.05) is 0 Å². The van der Waals surface area contributed by atoms with E-state index in [-0.39, 0.29) is 0 Å². The molecule has 5 heteroatoms. The van der Waals surface area contributed by atoms with Crippen molar-refractivity contribution in [2.45, 2.75) is 0 Å². The highest BCUT2D eigenvalue weighted by atomic mass is 15.0. The van der Waals surface area contributed by atoms with Crippen LogP contribution in [-0.4, -0.2) is 13.7 Å². The van der Waals surface area contributed by atoms with Gasteiger partial charge in [0.25, 0.3) is 0 Å². The molecular formula is C50H29N5. The van der Waals surface area contributed by atoms with Crippen LogP contribution in [0.4, 0.5) is 0 Å². The molecule has 0 unspecified atom stereocenters. The quantitative estimate of drug-likeness (QED) is 0.184. The monoisotopic (exact) mass is 699 g/mol. The van der Waals surface area contributed by atoms with Crippen LogP contribution < -0.4 is 0 Å². The number of nitriles is 2. The van der Waals surface area contributed by atoms with Crippen LogP contribution >= 0.6 is 0 Å². The molecular weight excluding hydrogens is 671 g/mol. The predicted molar refractivity (Wildman–Crippen MR) is 224 cm³/mol. The van der Waals surface area contributed by atoms with Gasteiger partial charge in [-0.05, 0) is 96.1 Å². The van der Waals surface area contributed by atoms with E-state index in [2.05, 4.69) is 184 Å². The van der Waals surface area contributed by atoms with Crippen LogP contribution in [-0.2, 0) is 0 Å². The largest absolute Gasteiger partial charge is 0.309 e. The second-order valence-electron chi connectivity index (χ2n) is 14.0. The minimum absolute atomic E-state index is 0.618. The zero-order valence-electron chi connectivity index (χ0n) is 29.5. The van der Waals surface area contributed by atoms with Gasteiger partial charge in [-0.1, -0.05) is 91.0 Å². The molecule has 55 heavy (non-hydrogen) atoms. The second kappa shape index (κ2) is 11.8. The number of para-hydroxylation sites is 4. The Bertz CT molecular complexity index is 3420. The van der Waals surface area contributed by atoms with Gasteiger partial charge in [0.15, 0.2) is 0 Å². The summed E-state index contributed by atoms with van der Waals surface area (Å²) in [5.41, 5.74) is 12.8. The summed E-state index contributed by atoms with van der Waals surface area (Å²) in [7, 11) is 0. The lowest BCUT2D eigenvalue weighted by Gasteiger charge is -2.13. The van der Waals surface area contributed by atoms with Crippen molar-refractivity contribution in [1.82, 2.24) is 13.7 Å². The van der Waals surface area contributed by atoms with Crippen molar-refractivity contribution in [3.05, 3.63) is 187 Å². The third-order valence-electron chi connectivity index (χ3n) is 11.1. The first kappa shape index (κ1) is 30.7. The maximum Gasteiger partial charge on any atom is 0.101 e. The molecule has 0 aliphatic heterocycles. The van der Waals surface area contributed by atoms with Crippen molar-refractivity contribution in [3.63, 3.8) is 0 Å². The predicted octanol–water partition coefficient (Wildman–Crippen LogP) is 12.4. The van der Waals surface area contributed by atoms with Gasteiger partial charge in [-0.3, -0.25) is 0 Å². The topological polar surface area (TPSA) is 62.4 Å². The Labute approximate surface area is 316 Å². The fourth-order valence-electron chi connectivity index (χ4n) is 8.71. The van der Waals surface area contributed by atoms with Gasteiger partial charge in [-0.2, -0.15) is 10.5 Å². The third kappa shape index (κ3) is 4.51. The molecule has 11 aromatic rings. The lowest BCUT2D eigenvalue weighted by molar-refractivity contribution is 1.16. The summed E-state index contributed by atoms with van der Waals surface area (Å²) in [6.07, 6.45) is 0. The smallest absolute Gasteiger partial charge is 0.101 e. The summed E-state index contributed by atoms with van der Waals surface area (Å²) in [6, 6.07) is 66.0. The zero-order chi connectivity index (χ0) is 36.6. The molecule has 0 aliphatic rings. The molecule has 0 spiro atoms. The normalized spacial score (nSPS) is 11.6. The van der Waals surface area contributed by atoms with Gasteiger partial charge in [-0.25, -0.2) is 0 Å². The van der Waals surface area contributed by atoms with Gasteiger partial charge in [0.1, 0.15) is 6.07 Å². The van der Waals surface area contributed by atoms with Gasteiger partial charge < -0.3 is 13.7 Å². The van der Waals surface area contributed by atoms with Gasteiger partial charge >= 0.3 is 0 Å². The molecule has 0 fully saturated rings. The summed E-state index contributed by atoms with van der Waals surface area (Å²) in [5.74, 6) is 0. The van der Waals surface area contributed by atoms with Gasteiger partial charge in [0, 0.05) is 43.7 Å². The number of hydrogen-bond donors (Lipinski definition) is 0. The van der Waals surface area contributed by atoms with Gasteiger partial charge in [0.2, 0.25) is 0 Å². The SMILES string of the molecule is N#Cc1ccc2c(c1)c1ccccc1n2-c1ccc2c(c1)c1ccccc1n2-c1cccc(-c2ccc(-n3c4ccccc4c4ccccc43)c(C#N)c2)c1. The standard InChI is InChI=1S/C50H29N5/c51-30-32-20-23-49-42(26-32)40-14-3-5-16-45(40)54(49)37-22-25-50-43(29-37)41-15-4-6-17-46(41)53(50)36-11-9-10-33(28-36)34-21-24-44(35(27-34)31-52)55-47-18-7-1-12-38(47)39-13-2-8-19-48(39)55/h1-29H. The van der Waals surface area contributed by atoms with Crippen LogP contribution in [0.5, 0.6) is 0 Å². The second-order valence-corrected chi connectivity index (χ2v) is 14.0. The molecule has 0 saturated carbocycles. The van der Waals surface area contributed by atoms with Crippen LogP contribution in [0.2, 0.25) is 0 Å². The maximum atomic E-state index is 10.5. The molecule has 11 rings (SSSR count). The average molecular weight is 700 g/mol. The molecule has 0 atom stereocenters. The van der Waals surface area contributed by atoms with Crippen molar-refractivity contribution >= 4 is 65.4 Å². The summed E-state index contributed by atoms with van der Waals surface area (Å²) in [5, 5.41) is 27.0. The van der Waals surface area contributed by atoms with Crippen LogP contribution in [0.3, 0.4) is 0 Å². The molecule has 0 amide bonds. The zero-order valence-corrected chi connectivity index (χ0v) is 29.5. The van der Waals surface area contributed by atoms with E-state index in [1.165, 1.54) is 16.2 Å². The van der Waals surface area contributed by atoms with Crippen molar-refractivity contribution < 1.29 is 0 Å². The first-order valence-electron chi connectivity index (χ1n) is 18.3. The van der Waals surface area contributed by atoms with Crippen LogP contribution in [0, 0.1) is 22.7 Å². The average Bonchev–Trinajstić information content (AvgIpc) is 3.88. The van der Waals surface area contributed by atoms with E-state index in [0.717, 1.165) is 77.4 Å². The molecule has 5 nitrogen and oxygen atoms in total. The summed E-state index contributed by atoms with van der Waals surface area (Å²) >= 11 is 0. The number of aromatic nitrogens is 3. The molecule has 3 aromatic heterocycles. The summed E-state index contributed by atoms with van der Waals surface area (Å²) in [4.78, 5) is 0. The Morgan fingerprint density at radius 2 is 0.818 bits per heavy atom. The highest BCUT2D eigenvalue weighted by molar-refractivity contribution is 6.13. The van der Waals surface area contributed by atoms with E-state index in [9.17, 15) is 10.5 Å². The Morgan fingerprint density at radius 1 is 0.327 bits per heavy atom. The molecule has 8 aromatic carbocycles. The van der Waals surface area contributed by atoms with Gasteiger partial charge in [-0.15, -0.1) is 0 Å². The maximum absolute atomic E-state index is 10.5. The number of benzene rings is 8. The van der Waals surface area contributed by atoms with Crippen molar-refractivity contribution in [1.29, 1.82) is 10.5 Å². The fraction of sp³-hybridized carbons (Fsp3) is 0. The molecule has 0 N–H and O–H groups in total. The van der Waals surface area contributed by atoms with E-state index in [4.69, 9.17) is 0 Å². The Kier molecular flexibility index (Phi) is 6.61. The Morgan fingerprint density at radius 3 is 1.42 bits per heavy atom. The van der Waals surface area contributed by atoms with Crippen LogP contribution in [0.25, 0.3) is 93.6 Å². The lowest BCUT2D eigenvalue weighted by atomic mass is 10.0. The van der Waals surface area contributed by atoms with E-state index in [0.29, 0.717) is 11.1 Å². The first-order valence-corrected chi connectivity index (χ1v) is 18.3. The first-order chi connectivity index (χ1) is 27.2.